The third-order valence-corrected chi connectivity index (χ3v) is 1.18. The smallest absolute Gasteiger partial charge is 0.422 e. The van der Waals surface area contributed by atoms with E-state index in [0.717, 1.165) is 0 Å². The van der Waals surface area contributed by atoms with Crippen molar-refractivity contribution in [2.75, 3.05) is 0 Å². The van der Waals surface area contributed by atoms with Gasteiger partial charge in [0.25, 0.3) is 0 Å². The molecule has 0 aliphatic carbocycles. The fourth-order valence-corrected chi connectivity index (χ4v) is 0.545. The predicted molar refractivity (Wildman–Crippen MR) is 52.6 cm³/mol. The Morgan fingerprint density at radius 1 is 1.21 bits per heavy atom. The molecule has 0 spiro atoms. The third kappa shape index (κ3) is 6.42. The van der Waals surface area contributed by atoms with Crippen molar-refractivity contribution in [2.24, 2.45) is 0 Å². The lowest BCUT2D eigenvalue weighted by Crippen LogP contribution is -2.52. The number of hydrogen-bond acceptors (Lipinski definition) is 4. The van der Waals surface area contributed by atoms with Gasteiger partial charge in [0.2, 0.25) is 0 Å². The van der Waals surface area contributed by atoms with Crippen LogP contribution in [0.15, 0.2) is 0 Å². The Morgan fingerprint density at radius 2 is 1.71 bits per heavy atom. The van der Waals surface area contributed by atoms with Crippen LogP contribution in [0.3, 0.4) is 0 Å². The molecular formula is C9H18N2O3. The molecule has 0 saturated carbocycles. The standard InChI is InChI=1S/C9H18N2O3/c1-8(2,3)14-7(13)10-11-9(4,5)6-12/h6,11H,1-5H3,(H,10,13). The molecule has 0 bridgehead atoms. The summed E-state index contributed by atoms with van der Waals surface area (Å²) in [7, 11) is 0. The van der Waals surface area contributed by atoms with Gasteiger partial charge >= 0.3 is 6.09 Å². The first-order chi connectivity index (χ1) is 6.16. The molecule has 82 valence electrons. The summed E-state index contributed by atoms with van der Waals surface area (Å²) >= 11 is 0. The summed E-state index contributed by atoms with van der Waals surface area (Å²) in [6.07, 6.45) is 0.0945. The summed E-state index contributed by atoms with van der Waals surface area (Å²) < 4.78 is 4.95. The van der Waals surface area contributed by atoms with Crippen molar-refractivity contribution in [1.29, 1.82) is 0 Å². The van der Waals surface area contributed by atoms with Crippen LogP contribution in [0.2, 0.25) is 0 Å². The molecule has 2 N–H and O–H groups in total. The lowest BCUT2D eigenvalue weighted by molar-refractivity contribution is -0.112. The number of nitrogens with one attached hydrogen (secondary N) is 2. The van der Waals surface area contributed by atoms with Gasteiger partial charge < -0.3 is 9.53 Å². The molecule has 0 aromatic heterocycles. The second-order valence-corrected chi connectivity index (χ2v) is 4.59. The molecule has 0 aliphatic rings. The van der Waals surface area contributed by atoms with E-state index in [2.05, 4.69) is 10.9 Å². The van der Waals surface area contributed by atoms with E-state index in [-0.39, 0.29) is 0 Å². The lowest BCUT2D eigenvalue weighted by atomic mass is 10.1. The maximum atomic E-state index is 11.1. The van der Waals surface area contributed by atoms with Gasteiger partial charge in [0.15, 0.2) is 0 Å². The summed E-state index contributed by atoms with van der Waals surface area (Å²) in [6, 6.07) is 0. The predicted octanol–water partition coefficient (Wildman–Crippen LogP) is 0.993. The van der Waals surface area contributed by atoms with Crippen LogP contribution < -0.4 is 10.9 Å². The molecule has 0 fully saturated rings. The average Bonchev–Trinajstić information content (AvgIpc) is 1.98. The Morgan fingerprint density at radius 3 is 2.07 bits per heavy atom. The number of carbonyl (C=O) groups excluding carboxylic acids is 2. The average molecular weight is 202 g/mol. The topological polar surface area (TPSA) is 67.4 Å². The third-order valence-electron chi connectivity index (χ3n) is 1.18. The number of hydrogen-bond donors (Lipinski definition) is 2. The van der Waals surface area contributed by atoms with Crippen molar-refractivity contribution in [3.05, 3.63) is 0 Å². The lowest BCUT2D eigenvalue weighted by Gasteiger charge is -2.23. The van der Waals surface area contributed by atoms with Gasteiger partial charge in [0.1, 0.15) is 11.9 Å². The SMILES string of the molecule is CC(C)(C=O)NNC(=O)OC(C)(C)C. The van der Waals surface area contributed by atoms with E-state index in [4.69, 9.17) is 4.74 Å². The molecule has 1 amide bonds. The van der Waals surface area contributed by atoms with Crippen molar-refractivity contribution < 1.29 is 14.3 Å². The van der Waals surface area contributed by atoms with Gasteiger partial charge in [-0.05, 0) is 34.6 Å². The highest BCUT2D eigenvalue weighted by atomic mass is 16.6. The molecule has 0 atom stereocenters. The van der Waals surface area contributed by atoms with Crippen LogP contribution in [0.1, 0.15) is 34.6 Å². The quantitative estimate of drug-likeness (QED) is 0.529. The van der Waals surface area contributed by atoms with Crippen LogP contribution in [-0.4, -0.2) is 23.5 Å². The molecule has 0 radical (unpaired) electrons. The molecule has 0 unspecified atom stereocenters. The zero-order chi connectivity index (χ0) is 11.4. The number of hydrazine groups is 1. The summed E-state index contributed by atoms with van der Waals surface area (Å²) in [4.78, 5) is 21.6. The largest absolute Gasteiger partial charge is 0.443 e. The fourth-order valence-electron chi connectivity index (χ4n) is 0.545. The van der Waals surface area contributed by atoms with Crippen LogP contribution in [0.5, 0.6) is 0 Å². The van der Waals surface area contributed by atoms with Crippen molar-refractivity contribution >= 4 is 12.4 Å². The highest BCUT2D eigenvalue weighted by Gasteiger charge is 2.20. The van der Waals surface area contributed by atoms with E-state index in [1.165, 1.54) is 0 Å². The Hall–Kier alpha value is -1.10. The van der Waals surface area contributed by atoms with Crippen LogP contribution in [-0.2, 0) is 9.53 Å². The first-order valence-corrected chi connectivity index (χ1v) is 4.39. The van der Waals surface area contributed by atoms with Gasteiger partial charge in [0.05, 0.1) is 5.54 Å². The number of aldehydes is 1. The minimum Gasteiger partial charge on any atom is -0.443 e. The van der Waals surface area contributed by atoms with E-state index in [0.29, 0.717) is 6.29 Å². The molecule has 5 heteroatoms. The monoisotopic (exact) mass is 202 g/mol. The van der Waals surface area contributed by atoms with Gasteiger partial charge in [-0.2, -0.15) is 0 Å². The summed E-state index contributed by atoms with van der Waals surface area (Å²) in [6.45, 7) is 8.56. The molecule has 5 nitrogen and oxygen atoms in total. The van der Waals surface area contributed by atoms with E-state index in [9.17, 15) is 9.59 Å². The van der Waals surface area contributed by atoms with E-state index in [1.54, 1.807) is 34.6 Å². The molecule has 0 aromatic carbocycles. The molecule has 0 heterocycles. The molecule has 0 aliphatic heterocycles. The van der Waals surface area contributed by atoms with Crippen molar-refractivity contribution in [3.8, 4) is 0 Å². The zero-order valence-corrected chi connectivity index (χ0v) is 9.30. The van der Waals surface area contributed by atoms with Crippen molar-refractivity contribution in [1.82, 2.24) is 10.9 Å². The number of ether oxygens (including phenoxy) is 1. The minimum absolute atomic E-state index is 0.545. The highest BCUT2D eigenvalue weighted by Crippen LogP contribution is 2.06. The molecule has 14 heavy (non-hydrogen) atoms. The number of rotatable bonds is 3. The van der Waals surface area contributed by atoms with Crippen LogP contribution >= 0.6 is 0 Å². The Bertz CT molecular complexity index is 219. The van der Waals surface area contributed by atoms with Crippen LogP contribution in [0, 0.1) is 0 Å². The van der Waals surface area contributed by atoms with E-state index in [1.807, 2.05) is 0 Å². The highest BCUT2D eigenvalue weighted by molar-refractivity contribution is 5.69. The van der Waals surface area contributed by atoms with E-state index >= 15 is 0 Å². The summed E-state index contributed by atoms with van der Waals surface area (Å²) in [5.41, 5.74) is 3.49. The molecule has 0 aromatic rings. The second kappa shape index (κ2) is 4.41. The van der Waals surface area contributed by atoms with Crippen molar-refractivity contribution in [3.63, 3.8) is 0 Å². The van der Waals surface area contributed by atoms with Crippen LogP contribution in [0.25, 0.3) is 0 Å². The molecule has 0 rings (SSSR count). The van der Waals surface area contributed by atoms with Crippen molar-refractivity contribution in [2.45, 2.75) is 45.8 Å². The zero-order valence-electron chi connectivity index (χ0n) is 9.30. The Labute approximate surface area is 84.2 Å². The normalized spacial score (nSPS) is 12.1. The first kappa shape index (κ1) is 12.9. The number of amides is 1. The summed E-state index contributed by atoms with van der Waals surface area (Å²) in [5.74, 6) is 0. The molecular weight excluding hydrogens is 184 g/mol. The number of carbonyl (C=O) groups is 2. The maximum Gasteiger partial charge on any atom is 0.422 e. The maximum absolute atomic E-state index is 11.1. The fraction of sp³-hybridized carbons (Fsp3) is 0.778. The van der Waals surface area contributed by atoms with E-state index < -0.39 is 17.2 Å². The first-order valence-electron chi connectivity index (χ1n) is 4.39. The van der Waals surface area contributed by atoms with Gasteiger partial charge in [-0.15, -0.1) is 0 Å². The van der Waals surface area contributed by atoms with Crippen LogP contribution in [0.4, 0.5) is 4.79 Å². The Kier molecular flexibility index (Phi) is 4.07. The minimum atomic E-state index is -0.795. The van der Waals surface area contributed by atoms with Gasteiger partial charge in [-0.1, -0.05) is 0 Å². The second-order valence-electron chi connectivity index (χ2n) is 4.59. The molecule has 0 saturated heterocycles. The Balaban J connectivity index is 3.93. The van der Waals surface area contributed by atoms with Gasteiger partial charge in [-0.3, -0.25) is 5.43 Å². The van der Waals surface area contributed by atoms with Gasteiger partial charge in [0, 0.05) is 0 Å². The van der Waals surface area contributed by atoms with Gasteiger partial charge in [-0.25, -0.2) is 10.2 Å². The summed E-state index contributed by atoms with van der Waals surface area (Å²) in [5, 5.41) is 0.